The van der Waals surface area contributed by atoms with Crippen LogP contribution in [-0.4, -0.2) is 15.2 Å². The lowest BCUT2D eigenvalue weighted by atomic mass is 10.3. The van der Waals surface area contributed by atoms with E-state index in [2.05, 4.69) is 21.1 Å². The van der Waals surface area contributed by atoms with Gasteiger partial charge in [0.05, 0.1) is 11.7 Å². The highest BCUT2D eigenvalue weighted by molar-refractivity contribution is 5.74. The first-order valence-corrected chi connectivity index (χ1v) is 3.16. The largest absolute Gasteiger partial charge is 0.276 e. The smallest absolute Gasteiger partial charge is 0.108 e. The molecule has 0 aliphatic heterocycles. The predicted octanol–water partition coefficient (Wildman–Crippen LogP) is 0.939. The quantitative estimate of drug-likeness (QED) is 0.557. The van der Waals surface area contributed by atoms with Crippen molar-refractivity contribution >= 4 is 11.0 Å². The molecule has 0 fully saturated rings. The standard InChI is InChI=1S/C8H5N3/c1-2-6-3-7-8(9-4-6)5-10-11-7/h1,3-5H,(H,10,11). The number of nitrogens with one attached hydrogen (secondary N) is 1. The normalized spacial score (nSPS) is 9.73. The number of H-pyrrole nitrogens is 1. The molecule has 0 saturated heterocycles. The summed E-state index contributed by atoms with van der Waals surface area (Å²) in [5.74, 6) is 2.50. The van der Waals surface area contributed by atoms with E-state index in [4.69, 9.17) is 6.42 Å². The monoisotopic (exact) mass is 143 g/mol. The molecule has 52 valence electrons. The van der Waals surface area contributed by atoms with Gasteiger partial charge in [0.2, 0.25) is 0 Å². The maximum atomic E-state index is 5.19. The lowest BCUT2D eigenvalue weighted by Crippen LogP contribution is -1.78. The fourth-order valence-corrected chi connectivity index (χ4v) is 0.910. The molecular formula is C8H5N3. The SMILES string of the molecule is C#Cc1cnc2cn[nH]c2c1. The number of hydrogen-bond acceptors (Lipinski definition) is 2. The average Bonchev–Trinajstić information content (AvgIpc) is 2.50. The topological polar surface area (TPSA) is 41.6 Å². The van der Waals surface area contributed by atoms with Gasteiger partial charge in [-0.05, 0) is 6.07 Å². The van der Waals surface area contributed by atoms with Crippen molar-refractivity contribution in [3.63, 3.8) is 0 Å². The molecule has 0 radical (unpaired) electrons. The summed E-state index contributed by atoms with van der Waals surface area (Å²) in [5, 5.41) is 6.61. The first-order valence-electron chi connectivity index (χ1n) is 3.16. The molecule has 3 nitrogen and oxygen atoms in total. The van der Waals surface area contributed by atoms with Crippen molar-refractivity contribution in [3.05, 3.63) is 24.0 Å². The lowest BCUT2D eigenvalue weighted by Gasteiger charge is -1.88. The van der Waals surface area contributed by atoms with Crippen LogP contribution in [0.15, 0.2) is 18.5 Å². The van der Waals surface area contributed by atoms with Gasteiger partial charge in [0.1, 0.15) is 5.52 Å². The highest BCUT2D eigenvalue weighted by Gasteiger charge is 1.95. The molecule has 11 heavy (non-hydrogen) atoms. The Morgan fingerprint density at radius 1 is 1.45 bits per heavy atom. The maximum Gasteiger partial charge on any atom is 0.108 e. The molecule has 2 aromatic heterocycles. The van der Waals surface area contributed by atoms with Crippen LogP contribution in [0.4, 0.5) is 0 Å². The molecule has 0 atom stereocenters. The number of hydrogen-bond donors (Lipinski definition) is 1. The molecular weight excluding hydrogens is 138 g/mol. The summed E-state index contributed by atoms with van der Waals surface area (Å²) in [6.07, 6.45) is 8.50. The molecule has 3 heteroatoms. The Bertz CT molecular complexity index is 422. The molecule has 0 aliphatic rings. The molecule has 2 heterocycles. The van der Waals surface area contributed by atoms with Gasteiger partial charge in [-0.3, -0.25) is 10.1 Å². The predicted molar refractivity (Wildman–Crippen MR) is 41.8 cm³/mol. The Balaban J connectivity index is 2.79. The number of terminal acetylenes is 1. The molecule has 2 aromatic rings. The molecule has 0 unspecified atom stereocenters. The van der Waals surface area contributed by atoms with Gasteiger partial charge in [-0.1, -0.05) is 5.92 Å². The van der Waals surface area contributed by atoms with Crippen LogP contribution in [0.5, 0.6) is 0 Å². The van der Waals surface area contributed by atoms with Crippen molar-refractivity contribution in [2.75, 3.05) is 0 Å². The molecule has 0 spiro atoms. The Morgan fingerprint density at radius 2 is 2.36 bits per heavy atom. The van der Waals surface area contributed by atoms with Gasteiger partial charge in [0.15, 0.2) is 0 Å². The first kappa shape index (κ1) is 5.93. The first-order chi connectivity index (χ1) is 5.40. The Hall–Kier alpha value is -1.82. The summed E-state index contributed by atoms with van der Waals surface area (Å²) < 4.78 is 0. The van der Waals surface area contributed by atoms with Crippen LogP contribution in [0.25, 0.3) is 11.0 Å². The fraction of sp³-hybridized carbons (Fsp3) is 0. The van der Waals surface area contributed by atoms with Crippen LogP contribution < -0.4 is 0 Å². The van der Waals surface area contributed by atoms with E-state index in [0.717, 1.165) is 16.6 Å². The van der Waals surface area contributed by atoms with Crippen LogP contribution in [-0.2, 0) is 0 Å². The lowest BCUT2D eigenvalue weighted by molar-refractivity contribution is 1.12. The summed E-state index contributed by atoms with van der Waals surface area (Å²) in [6, 6.07) is 1.84. The third kappa shape index (κ3) is 0.849. The molecule has 0 aromatic carbocycles. The summed E-state index contributed by atoms with van der Waals surface area (Å²) in [5.41, 5.74) is 2.48. The number of nitrogens with zero attached hydrogens (tertiary/aromatic N) is 2. The Morgan fingerprint density at radius 3 is 3.18 bits per heavy atom. The Labute approximate surface area is 63.5 Å². The number of aromatic amines is 1. The molecule has 2 rings (SSSR count). The molecule has 0 aliphatic carbocycles. The second-order valence-corrected chi connectivity index (χ2v) is 2.17. The van der Waals surface area contributed by atoms with Crippen molar-refractivity contribution in [2.24, 2.45) is 0 Å². The second-order valence-electron chi connectivity index (χ2n) is 2.17. The van der Waals surface area contributed by atoms with Gasteiger partial charge in [0, 0.05) is 11.8 Å². The van der Waals surface area contributed by atoms with Gasteiger partial charge < -0.3 is 0 Å². The van der Waals surface area contributed by atoms with Gasteiger partial charge in [-0.15, -0.1) is 6.42 Å². The number of rotatable bonds is 0. The number of aromatic nitrogens is 3. The van der Waals surface area contributed by atoms with E-state index >= 15 is 0 Å². The minimum absolute atomic E-state index is 0.766. The van der Waals surface area contributed by atoms with E-state index in [1.165, 1.54) is 0 Å². The van der Waals surface area contributed by atoms with Crippen LogP contribution in [0.2, 0.25) is 0 Å². The van der Waals surface area contributed by atoms with Crippen molar-refractivity contribution < 1.29 is 0 Å². The number of pyridine rings is 1. The summed E-state index contributed by atoms with van der Waals surface area (Å²) in [4.78, 5) is 4.08. The minimum atomic E-state index is 0.766. The van der Waals surface area contributed by atoms with E-state index < -0.39 is 0 Å². The summed E-state index contributed by atoms with van der Waals surface area (Å²) in [6.45, 7) is 0. The fourth-order valence-electron chi connectivity index (χ4n) is 0.910. The Kier molecular flexibility index (Phi) is 1.13. The van der Waals surface area contributed by atoms with E-state index in [1.807, 2.05) is 6.07 Å². The molecule has 0 bridgehead atoms. The molecule has 0 saturated carbocycles. The number of fused-ring (bicyclic) bond motifs is 1. The van der Waals surface area contributed by atoms with Crippen molar-refractivity contribution in [1.29, 1.82) is 0 Å². The van der Waals surface area contributed by atoms with E-state index in [-0.39, 0.29) is 0 Å². The zero-order valence-corrected chi connectivity index (χ0v) is 5.70. The highest BCUT2D eigenvalue weighted by Crippen LogP contribution is 2.07. The molecule has 1 N–H and O–H groups in total. The molecule has 0 amide bonds. The van der Waals surface area contributed by atoms with Crippen LogP contribution in [0.1, 0.15) is 5.56 Å². The van der Waals surface area contributed by atoms with Crippen molar-refractivity contribution in [2.45, 2.75) is 0 Å². The maximum absolute atomic E-state index is 5.19. The summed E-state index contributed by atoms with van der Waals surface area (Å²) in [7, 11) is 0. The van der Waals surface area contributed by atoms with E-state index in [0.29, 0.717) is 0 Å². The van der Waals surface area contributed by atoms with Gasteiger partial charge in [0.25, 0.3) is 0 Å². The van der Waals surface area contributed by atoms with Gasteiger partial charge in [-0.25, -0.2) is 0 Å². The minimum Gasteiger partial charge on any atom is -0.276 e. The van der Waals surface area contributed by atoms with Crippen LogP contribution in [0, 0.1) is 12.3 Å². The zero-order valence-electron chi connectivity index (χ0n) is 5.70. The summed E-state index contributed by atoms with van der Waals surface area (Å²) >= 11 is 0. The third-order valence-corrected chi connectivity index (χ3v) is 1.46. The van der Waals surface area contributed by atoms with Gasteiger partial charge in [-0.2, -0.15) is 5.10 Å². The zero-order chi connectivity index (χ0) is 7.68. The van der Waals surface area contributed by atoms with E-state index in [9.17, 15) is 0 Å². The van der Waals surface area contributed by atoms with Crippen molar-refractivity contribution in [3.8, 4) is 12.3 Å². The third-order valence-electron chi connectivity index (χ3n) is 1.46. The van der Waals surface area contributed by atoms with Crippen molar-refractivity contribution in [1.82, 2.24) is 15.2 Å². The second kappa shape index (κ2) is 2.10. The van der Waals surface area contributed by atoms with E-state index in [1.54, 1.807) is 12.4 Å². The van der Waals surface area contributed by atoms with Crippen LogP contribution in [0.3, 0.4) is 0 Å². The highest BCUT2D eigenvalue weighted by atomic mass is 15.1. The van der Waals surface area contributed by atoms with Crippen LogP contribution >= 0.6 is 0 Å². The van der Waals surface area contributed by atoms with Gasteiger partial charge >= 0.3 is 0 Å². The average molecular weight is 143 g/mol.